The lowest BCUT2D eigenvalue weighted by Crippen LogP contribution is -2.58. The molecule has 1 aromatic rings. The van der Waals surface area contributed by atoms with Crippen LogP contribution in [0.5, 0.6) is 0 Å². The summed E-state index contributed by atoms with van der Waals surface area (Å²) in [4.78, 5) is 7.24. The molecule has 2 aliphatic heterocycles. The number of likely N-dealkylation sites (tertiary alicyclic amines) is 1. The SMILES string of the molecule is FC(F)(F)C1(C(F)(F)F)N=C(CCc2ccccc2)OC(N2CCCCC2)=N1. The quantitative estimate of drug-likeness (QED) is 0.681. The first-order valence-corrected chi connectivity index (χ1v) is 8.91. The van der Waals surface area contributed by atoms with Gasteiger partial charge in [0, 0.05) is 19.5 Å². The van der Waals surface area contributed by atoms with E-state index in [2.05, 4.69) is 9.98 Å². The minimum absolute atomic E-state index is 0.193. The van der Waals surface area contributed by atoms with Crippen molar-refractivity contribution in [2.24, 2.45) is 9.98 Å². The summed E-state index contributed by atoms with van der Waals surface area (Å²) in [6.07, 6.45) is -9.36. The first-order valence-electron chi connectivity index (χ1n) is 8.91. The predicted molar refractivity (Wildman–Crippen MR) is 91.0 cm³/mol. The van der Waals surface area contributed by atoms with Crippen molar-refractivity contribution in [2.45, 2.75) is 50.1 Å². The van der Waals surface area contributed by atoms with Crippen molar-refractivity contribution < 1.29 is 31.1 Å². The summed E-state index contributed by atoms with van der Waals surface area (Å²) in [6.45, 7) is 0.577. The average molecular weight is 407 g/mol. The van der Waals surface area contributed by atoms with Crippen LogP contribution >= 0.6 is 0 Å². The van der Waals surface area contributed by atoms with Crippen LogP contribution in [-0.4, -0.2) is 47.9 Å². The van der Waals surface area contributed by atoms with Gasteiger partial charge in [-0.1, -0.05) is 30.3 Å². The Bertz CT molecular complexity index is 722. The van der Waals surface area contributed by atoms with Crippen molar-refractivity contribution in [3.8, 4) is 0 Å². The molecule has 0 aromatic heterocycles. The molecule has 0 radical (unpaired) electrons. The molecule has 0 bridgehead atoms. The van der Waals surface area contributed by atoms with Crippen LogP contribution in [0, 0.1) is 0 Å². The van der Waals surface area contributed by atoms with Gasteiger partial charge in [-0.25, -0.2) is 4.99 Å². The molecular formula is C18H19F6N3O. The molecule has 3 rings (SSSR count). The Balaban J connectivity index is 1.95. The van der Waals surface area contributed by atoms with Gasteiger partial charge in [-0.15, -0.1) is 0 Å². The van der Waals surface area contributed by atoms with Crippen molar-refractivity contribution in [1.29, 1.82) is 0 Å². The van der Waals surface area contributed by atoms with E-state index >= 15 is 0 Å². The van der Waals surface area contributed by atoms with Crippen LogP contribution in [-0.2, 0) is 11.2 Å². The van der Waals surface area contributed by atoms with Crippen molar-refractivity contribution >= 4 is 11.9 Å². The van der Waals surface area contributed by atoms with Crippen LogP contribution in [0.2, 0.25) is 0 Å². The minimum atomic E-state index is -5.74. The summed E-state index contributed by atoms with van der Waals surface area (Å²) in [5.41, 5.74) is -3.79. The third-order valence-electron chi connectivity index (χ3n) is 4.64. The molecule has 0 spiro atoms. The molecule has 2 aliphatic rings. The molecule has 0 aliphatic carbocycles. The average Bonchev–Trinajstić information content (AvgIpc) is 2.66. The van der Waals surface area contributed by atoms with E-state index in [-0.39, 0.29) is 25.9 Å². The van der Waals surface area contributed by atoms with Crippen molar-refractivity contribution in [3.63, 3.8) is 0 Å². The number of nitrogens with zero attached hydrogens (tertiary/aromatic N) is 3. The topological polar surface area (TPSA) is 37.2 Å². The Morgan fingerprint density at radius 3 is 2.04 bits per heavy atom. The fourth-order valence-corrected chi connectivity index (χ4v) is 3.13. The number of hydrogen-bond acceptors (Lipinski definition) is 4. The molecule has 4 nitrogen and oxygen atoms in total. The van der Waals surface area contributed by atoms with Crippen molar-refractivity contribution in [3.05, 3.63) is 35.9 Å². The highest BCUT2D eigenvalue weighted by Gasteiger charge is 2.74. The summed E-state index contributed by atoms with van der Waals surface area (Å²) in [6, 6.07) is 8.02. The molecular weight excluding hydrogens is 388 g/mol. The summed E-state index contributed by atoms with van der Waals surface area (Å²) >= 11 is 0. The zero-order valence-corrected chi connectivity index (χ0v) is 14.9. The number of alkyl halides is 6. The lowest BCUT2D eigenvalue weighted by molar-refractivity contribution is -0.293. The van der Waals surface area contributed by atoms with Gasteiger partial charge in [0.25, 0.3) is 6.02 Å². The fourth-order valence-electron chi connectivity index (χ4n) is 3.13. The van der Waals surface area contributed by atoms with Gasteiger partial charge in [-0.2, -0.15) is 31.3 Å². The maximum Gasteiger partial charge on any atom is 0.443 e. The molecule has 0 saturated carbocycles. The second kappa shape index (κ2) is 7.63. The fraction of sp³-hybridized carbons (Fsp3) is 0.556. The lowest BCUT2D eigenvalue weighted by Gasteiger charge is -2.37. The third-order valence-corrected chi connectivity index (χ3v) is 4.64. The summed E-state index contributed by atoms with van der Waals surface area (Å²) < 4.78 is 86.7. The summed E-state index contributed by atoms with van der Waals surface area (Å²) in [5, 5.41) is 0. The monoisotopic (exact) mass is 407 g/mol. The largest absolute Gasteiger partial charge is 0.443 e. The number of rotatable bonds is 3. The van der Waals surface area contributed by atoms with Gasteiger partial charge < -0.3 is 9.64 Å². The highest BCUT2D eigenvalue weighted by molar-refractivity contribution is 5.93. The highest BCUT2D eigenvalue weighted by atomic mass is 19.4. The smallest absolute Gasteiger partial charge is 0.411 e. The van der Waals surface area contributed by atoms with Crippen LogP contribution in [0.4, 0.5) is 26.3 Å². The Hall–Kier alpha value is -2.26. The Morgan fingerprint density at radius 2 is 1.46 bits per heavy atom. The summed E-state index contributed by atoms with van der Waals surface area (Å²) in [5.74, 6) is -0.617. The van der Waals surface area contributed by atoms with Gasteiger partial charge in [-0.05, 0) is 31.2 Å². The predicted octanol–water partition coefficient (Wildman–Crippen LogP) is 4.71. The first-order chi connectivity index (χ1) is 13.1. The number of halogens is 6. The van der Waals surface area contributed by atoms with Crippen LogP contribution in [0.1, 0.15) is 31.2 Å². The zero-order valence-electron chi connectivity index (χ0n) is 14.9. The molecule has 0 unspecified atom stereocenters. The van der Waals surface area contributed by atoms with E-state index in [0.29, 0.717) is 12.8 Å². The number of aryl methyl sites for hydroxylation is 1. The number of amidine groups is 1. The van der Waals surface area contributed by atoms with E-state index in [1.807, 2.05) is 0 Å². The van der Waals surface area contributed by atoms with Crippen molar-refractivity contribution in [1.82, 2.24) is 4.90 Å². The number of benzene rings is 1. The minimum Gasteiger partial charge on any atom is -0.411 e. The zero-order chi connectivity index (χ0) is 20.4. The van der Waals surface area contributed by atoms with E-state index in [4.69, 9.17) is 4.74 Å². The highest BCUT2D eigenvalue weighted by Crippen LogP contribution is 2.48. The number of hydrogen-bond donors (Lipinski definition) is 0. The van der Waals surface area contributed by atoms with Crippen LogP contribution < -0.4 is 0 Å². The number of aliphatic imine (C=N–C) groups is 2. The van der Waals surface area contributed by atoms with E-state index in [9.17, 15) is 26.3 Å². The van der Waals surface area contributed by atoms with Gasteiger partial charge in [0.2, 0.25) is 0 Å². The van der Waals surface area contributed by atoms with Crippen LogP contribution in [0.15, 0.2) is 40.3 Å². The third kappa shape index (κ3) is 4.10. The summed E-state index contributed by atoms with van der Waals surface area (Å²) in [7, 11) is 0. The lowest BCUT2D eigenvalue weighted by atomic mass is 10.1. The van der Waals surface area contributed by atoms with Crippen LogP contribution in [0.25, 0.3) is 0 Å². The molecule has 0 N–H and O–H groups in total. The Kier molecular flexibility index (Phi) is 5.58. The van der Waals surface area contributed by atoms with Gasteiger partial charge in [0.05, 0.1) is 0 Å². The van der Waals surface area contributed by atoms with E-state index in [0.717, 1.165) is 12.0 Å². The molecule has 2 heterocycles. The molecule has 1 fully saturated rings. The van der Waals surface area contributed by atoms with E-state index in [1.54, 1.807) is 30.3 Å². The molecule has 1 saturated heterocycles. The Morgan fingerprint density at radius 1 is 0.857 bits per heavy atom. The molecule has 28 heavy (non-hydrogen) atoms. The molecule has 1 aromatic carbocycles. The van der Waals surface area contributed by atoms with Crippen LogP contribution in [0.3, 0.4) is 0 Å². The normalized spacial score (nSPS) is 20.3. The maximum atomic E-state index is 13.6. The maximum absolute atomic E-state index is 13.6. The second-order valence-corrected chi connectivity index (χ2v) is 6.70. The Labute approximate surface area is 157 Å². The van der Waals surface area contributed by atoms with Crippen molar-refractivity contribution in [2.75, 3.05) is 13.1 Å². The van der Waals surface area contributed by atoms with Gasteiger partial charge in [0.15, 0.2) is 5.90 Å². The molecule has 0 atom stereocenters. The van der Waals surface area contributed by atoms with Gasteiger partial charge >= 0.3 is 18.0 Å². The number of piperidine rings is 1. The van der Waals surface area contributed by atoms with Gasteiger partial charge in [0.1, 0.15) is 0 Å². The molecule has 10 heteroatoms. The van der Waals surface area contributed by atoms with Gasteiger partial charge in [-0.3, -0.25) is 0 Å². The first kappa shape index (κ1) is 20.5. The van der Waals surface area contributed by atoms with E-state index < -0.39 is 29.9 Å². The standard InChI is InChI=1S/C18H19F6N3O/c19-17(20,21)16(18(22,23)24)25-14(10-9-13-7-3-1-4-8-13)28-15(26-16)27-11-5-2-6-12-27/h1,3-4,7-8H,2,5-6,9-12H2. The molecule has 154 valence electrons. The second-order valence-electron chi connectivity index (χ2n) is 6.70. The molecule has 0 amide bonds. The van der Waals surface area contributed by atoms with E-state index in [1.165, 1.54) is 4.90 Å². The number of ether oxygens (including phenoxy) is 1.